The number of nitrogens with zero attached hydrogens (tertiary/aromatic N) is 2. The Bertz CT molecular complexity index is 827. The van der Waals surface area contributed by atoms with Gasteiger partial charge in [0.2, 0.25) is 0 Å². The molecular weight excluding hydrogens is 369 g/mol. The number of para-hydroxylation sites is 1. The van der Waals surface area contributed by atoms with Gasteiger partial charge in [0.1, 0.15) is 5.75 Å². The van der Waals surface area contributed by atoms with Gasteiger partial charge >= 0.3 is 0 Å². The molecule has 0 bridgehead atoms. The van der Waals surface area contributed by atoms with Crippen LogP contribution in [0.5, 0.6) is 5.75 Å². The average molecular weight is 382 g/mol. The van der Waals surface area contributed by atoms with Gasteiger partial charge in [0.05, 0.1) is 21.7 Å². The maximum absolute atomic E-state index is 12.0. The SMILES string of the molecule is CC(Oc1ccc(Cl)cc1Cl)C(=O)NN=Cc1ccccc1[N+](=O)[O-]. The van der Waals surface area contributed by atoms with Gasteiger partial charge in [-0.05, 0) is 31.2 Å². The Hall–Kier alpha value is -2.64. The lowest BCUT2D eigenvalue weighted by Gasteiger charge is -2.14. The maximum Gasteiger partial charge on any atom is 0.280 e. The molecule has 1 amide bonds. The highest BCUT2D eigenvalue weighted by Crippen LogP contribution is 2.28. The molecule has 0 heterocycles. The van der Waals surface area contributed by atoms with E-state index in [-0.39, 0.29) is 16.3 Å². The van der Waals surface area contributed by atoms with Crippen molar-refractivity contribution in [2.75, 3.05) is 0 Å². The molecule has 1 N–H and O–H groups in total. The highest BCUT2D eigenvalue weighted by atomic mass is 35.5. The number of benzene rings is 2. The molecule has 0 saturated heterocycles. The highest BCUT2D eigenvalue weighted by Gasteiger charge is 2.16. The minimum Gasteiger partial charge on any atom is -0.479 e. The van der Waals surface area contributed by atoms with Crippen LogP contribution in [0.1, 0.15) is 12.5 Å². The Morgan fingerprint density at radius 3 is 2.72 bits per heavy atom. The van der Waals surface area contributed by atoms with Gasteiger partial charge in [-0.25, -0.2) is 5.43 Å². The fourth-order valence-electron chi connectivity index (χ4n) is 1.83. The summed E-state index contributed by atoms with van der Waals surface area (Å²) in [5.41, 5.74) is 2.41. The number of carbonyl (C=O) groups is 1. The van der Waals surface area contributed by atoms with Crippen LogP contribution in [0.3, 0.4) is 0 Å². The summed E-state index contributed by atoms with van der Waals surface area (Å²) in [6, 6.07) is 10.7. The quantitative estimate of drug-likeness (QED) is 0.467. The molecule has 0 aromatic heterocycles. The van der Waals surface area contributed by atoms with E-state index in [0.717, 1.165) is 0 Å². The van der Waals surface area contributed by atoms with Crippen LogP contribution >= 0.6 is 23.2 Å². The van der Waals surface area contributed by atoms with Crippen molar-refractivity contribution < 1.29 is 14.5 Å². The molecular formula is C16H13Cl2N3O4. The minimum absolute atomic E-state index is 0.113. The molecule has 2 aromatic rings. The maximum atomic E-state index is 12.0. The number of halogens is 2. The van der Waals surface area contributed by atoms with E-state index in [4.69, 9.17) is 27.9 Å². The lowest BCUT2D eigenvalue weighted by atomic mass is 10.2. The topological polar surface area (TPSA) is 93.8 Å². The molecule has 0 aliphatic carbocycles. The van der Waals surface area contributed by atoms with Crippen LogP contribution in [0.2, 0.25) is 10.0 Å². The van der Waals surface area contributed by atoms with Crippen molar-refractivity contribution in [2.45, 2.75) is 13.0 Å². The third kappa shape index (κ3) is 5.17. The molecule has 0 aliphatic rings. The number of carbonyl (C=O) groups excluding carboxylic acids is 1. The molecule has 0 aliphatic heterocycles. The zero-order valence-corrected chi connectivity index (χ0v) is 14.5. The van der Waals surface area contributed by atoms with Crippen LogP contribution in [0.15, 0.2) is 47.6 Å². The van der Waals surface area contributed by atoms with Crippen LogP contribution in [0.4, 0.5) is 5.69 Å². The van der Waals surface area contributed by atoms with Gasteiger partial charge in [-0.15, -0.1) is 0 Å². The summed E-state index contributed by atoms with van der Waals surface area (Å²) in [5, 5.41) is 15.3. The van der Waals surface area contributed by atoms with Crippen LogP contribution in [0, 0.1) is 10.1 Å². The van der Waals surface area contributed by atoms with Crippen LogP contribution in [-0.4, -0.2) is 23.1 Å². The number of hydrogen-bond acceptors (Lipinski definition) is 5. The number of hydrazone groups is 1. The summed E-state index contributed by atoms with van der Waals surface area (Å²) in [6.45, 7) is 1.51. The fraction of sp³-hybridized carbons (Fsp3) is 0.125. The number of amides is 1. The molecule has 1 unspecified atom stereocenters. The zero-order valence-electron chi connectivity index (χ0n) is 13.0. The van der Waals surface area contributed by atoms with Crippen LogP contribution < -0.4 is 10.2 Å². The molecule has 0 spiro atoms. The van der Waals surface area contributed by atoms with Crippen molar-refractivity contribution in [2.24, 2.45) is 5.10 Å². The fourth-order valence-corrected chi connectivity index (χ4v) is 2.29. The lowest BCUT2D eigenvalue weighted by Crippen LogP contribution is -2.33. The first-order chi connectivity index (χ1) is 11.9. The monoisotopic (exact) mass is 381 g/mol. The second-order valence-electron chi connectivity index (χ2n) is 4.89. The van der Waals surface area contributed by atoms with Gasteiger partial charge in [0, 0.05) is 11.1 Å². The summed E-state index contributed by atoms with van der Waals surface area (Å²) in [6.07, 6.45) is 0.305. The van der Waals surface area contributed by atoms with E-state index in [1.165, 1.54) is 31.3 Å². The van der Waals surface area contributed by atoms with E-state index in [1.54, 1.807) is 24.3 Å². The molecule has 7 nitrogen and oxygen atoms in total. The molecule has 0 fully saturated rings. The van der Waals surface area contributed by atoms with Crippen molar-refractivity contribution in [1.82, 2.24) is 5.43 Å². The second-order valence-corrected chi connectivity index (χ2v) is 5.73. The van der Waals surface area contributed by atoms with Gasteiger partial charge in [0.15, 0.2) is 6.10 Å². The molecule has 25 heavy (non-hydrogen) atoms. The largest absolute Gasteiger partial charge is 0.479 e. The zero-order chi connectivity index (χ0) is 18.4. The Morgan fingerprint density at radius 1 is 1.32 bits per heavy atom. The molecule has 1 atom stereocenters. The molecule has 9 heteroatoms. The van der Waals surface area contributed by atoms with Crippen LogP contribution in [-0.2, 0) is 4.79 Å². The first-order valence-corrected chi connectivity index (χ1v) is 7.82. The van der Waals surface area contributed by atoms with E-state index in [0.29, 0.717) is 10.8 Å². The highest BCUT2D eigenvalue weighted by molar-refractivity contribution is 6.35. The van der Waals surface area contributed by atoms with E-state index in [9.17, 15) is 14.9 Å². The predicted molar refractivity (Wildman–Crippen MR) is 95.4 cm³/mol. The van der Waals surface area contributed by atoms with Crippen molar-refractivity contribution >= 4 is 41.0 Å². The molecule has 0 radical (unpaired) electrons. The van der Waals surface area contributed by atoms with Crippen molar-refractivity contribution in [1.29, 1.82) is 0 Å². The van der Waals surface area contributed by atoms with Gasteiger partial charge in [-0.3, -0.25) is 14.9 Å². The van der Waals surface area contributed by atoms with Gasteiger partial charge < -0.3 is 4.74 Å². The number of nitro groups is 1. The van der Waals surface area contributed by atoms with Crippen molar-refractivity contribution in [3.63, 3.8) is 0 Å². The molecule has 130 valence electrons. The van der Waals surface area contributed by atoms with E-state index < -0.39 is 16.9 Å². The van der Waals surface area contributed by atoms with E-state index >= 15 is 0 Å². The molecule has 2 rings (SSSR count). The van der Waals surface area contributed by atoms with Crippen molar-refractivity contribution in [3.8, 4) is 5.75 Å². The van der Waals surface area contributed by atoms with E-state index in [1.807, 2.05) is 0 Å². The number of ether oxygens (including phenoxy) is 1. The standard InChI is InChI=1S/C16H13Cl2N3O4/c1-10(25-15-7-6-12(17)8-13(15)18)16(22)20-19-9-11-4-2-3-5-14(11)21(23)24/h2-10H,1H3,(H,20,22). The number of hydrogen-bond donors (Lipinski definition) is 1. The normalized spacial score (nSPS) is 12.0. The lowest BCUT2D eigenvalue weighted by molar-refractivity contribution is -0.385. The summed E-state index contributed by atoms with van der Waals surface area (Å²) in [7, 11) is 0. The Morgan fingerprint density at radius 2 is 2.04 bits per heavy atom. The van der Waals surface area contributed by atoms with Crippen LogP contribution in [0.25, 0.3) is 0 Å². The minimum atomic E-state index is -0.887. The summed E-state index contributed by atoms with van der Waals surface area (Å²) < 4.78 is 5.44. The van der Waals surface area contributed by atoms with E-state index in [2.05, 4.69) is 10.5 Å². The Balaban J connectivity index is 1.99. The average Bonchev–Trinajstić information content (AvgIpc) is 2.57. The first kappa shape index (κ1) is 18.7. The first-order valence-electron chi connectivity index (χ1n) is 7.06. The number of rotatable bonds is 6. The summed E-state index contributed by atoms with van der Waals surface area (Å²) in [5.74, 6) is -0.239. The van der Waals surface area contributed by atoms with Crippen molar-refractivity contribution in [3.05, 3.63) is 68.2 Å². The Kier molecular flexibility index (Phi) is 6.32. The number of nitrogens with one attached hydrogen (secondary N) is 1. The second kappa shape index (κ2) is 8.46. The third-order valence-corrected chi connectivity index (χ3v) is 3.61. The summed E-state index contributed by atoms with van der Waals surface area (Å²) >= 11 is 11.8. The predicted octanol–water partition coefficient (Wildman–Crippen LogP) is 3.82. The van der Waals surface area contributed by atoms with Gasteiger partial charge in [-0.1, -0.05) is 35.3 Å². The smallest absolute Gasteiger partial charge is 0.280 e. The van der Waals surface area contributed by atoms with Gasteiger partial charge in [-0.2, -0.15) is 5.10 Å². The third-order valence-electron chi connectivity index (χ3n) is 3.08. The number of nitro benzene ring substituents is 1. The van der Waals surface area contributed by atoms with Gasteiger partial charge in [0.25, 0.3) is 11.6 Å². The Labute approximate surface area is 153 Å². The summed E-state index contributed by atoms with van der Waals surface area (Å²) in [4.78, 5) is 22.4. The molecule has 0 saturated carbocycles. The molecule has 2 aromatic carbocycles.